The molecule has 0 unspecified atom stereocenters. The summed E-state index contributed by atoms with van der Waals surface area (Å²) in [7, 11) is 3.19. The van der Waals surface area contributed by atoms with Crippen LogP contribution in [0.4, 0.5) is 0 Å². The van der Waals surface area contributed by atoms with Crippen molar-refractivity contribution >= 4 is 11.8 Å². The minimum Gasteiger partial charge on any atom is -0.497 e. The number of unbranched alkanes of at least 4 members (excludes halogenated alkanes) is 2. The molecule has 2 rings (SSSR count). The van der Waals surface area contributed by atoms with Crippen molar-refractivity contribution in [3.05, 3.63) is 18.2 Å². The van der Waals surface area contributed by atoms with Crippen LogP contribution in [-0.4, -0.2) is 41.9 Å². The molecule has 120 valence electrons. The number of thioether (sulfide) groups is 1. The van der Waals surface area contributed by atoms with Crippen LogP contribution in [0.15, 0.2) is 27.8 Å². The number of benzene rings is 1. The van der Waals surface area contributed by atoms with E-state index in [-0.39, 0.29) is 6.61 Å². The molecule has 0 aliphatic heterocycles. The van der Waals surface area contributed by atoms with E-state index in [4.69, 9.17) is 19.0 Å². The van der Waals surface area contributed by atoms with Crippen molar-refractivity contribution in [3.63, 3.8) is 0 Å². The molecule has 0 spiro atoms. The summed E-state index contributed by atoms with van der Waals surface area (Å²) in [5.41, 5.74) is 0.760. The van der Waals surface area contributed by atoms with Gasteiger partial charge in [-0.1, -0.05) is 18.2 Å². The Bertz CT molecular complexity index is 566. The number of rotatable bonds is 9. The average molecular weight is 324 g/mol. The number of aromatic nitrogens is 2. The molecule has 1 aromatic carbocycles. The summed E-state index contributed by atoms with van der Waals surface area (Å²) >= 11 is 1.52. The molecular formula is C15H20N2O4S. The molecule has 7 heteroatoms. The molecule has 0 amide bonds. The first-order valence-corrected chi connectivity index (χ1v) is 8.06. The SMILES string of the molecule is COc1cc(OC)cc(-c2nnc(SCCCCCO)o2)c1. The van der Waals surface area contributed by atoms with E-state index in [0.717, 1.165) is 30.6 Å². The fraction of sp³-hybridized carbons (Fsp3) is 0.467. The fourth-order valence-electron chi connectivity index (χ4n) is 1.87. The lowest BCUT2D eigenvalue weighted by Crippen LogP contribution is -1.88. The molecule has 0 radical (unpaired) electrons. The average Bonchev–Trinajstić information content (AvgIpc) is 3.03. The van der Waals surface area contributed by atoms with E-state index in [1.54, 1.807) is 20.3 Å². The third kappa shape index (κ3) is 4.64. The zero-order valence-corrected chi connectivity index (χ0v) is 13.6. The summed E-state index contributed by atoms with van der Waals surface area (Å²) in [6, 6.07) is 5.44. The van der Waals surface area contributed by atoms with Gasteiger partial charge in [0.15, 0.2) is 0 Å². The number of methoxy groups -OCH3 is 2. The van der Waals surface area contributed by atoms with Crippen molar-refractivity contribution in [1.82, 2.24) is 10.2 Å². The molecule has 0 saturated heterocycles. The van der Waals surface area contributed by atoms with Crippen molar-refractivity contribution in [2.45, 2.75) is 24.5 Å². The normalized spacial score (nSPS) is 10.7. The molecule has 1 N–H and O–H groups in total. The third-order valence-electron chi connectivity index (χ3n) is 3.03. The molecule has 0 aliphatic rings. The summed E-state index contributed by atoms with van der Waals surface area (Å²) in [6.45, 7) is 0.243. The van der Waals surface area contributed by atoms with Crippen molar-refractivity contribution in [3.8, 4) is 23.0 Å². The van der Waals surface area contributed by atoms with Crippen molar-refractivity contribution < 1.29 is 19.0 Å². The molecule has 0 bridgehead atoms. The van der Waals surface area contributed by atoms with Crippen LogP contribution in [0.5, 0.6) is 11.5 Å². The second kappa shape index (κ2) is 8.65. The Balaban J connectivity index is 2.01. The van der Waals surface area contributed by atoms with E-state index in [9.17, 15) is 0 Å². The van der Waals surface area contributed by atoms with Gasteiger partial charge >= 0.3 is 0 Å². The molecule has 1 heterocycles. The van der Waals surface area contributed by atoms with Crippen LogP contribution in [0.2, 0.25) is 0 Å². The van der Waals surface area contributed by atoms with Gasteiger partial charge in [0.25, 0.3) is 5.22 Å². The lowest BCUT2D eigenvalue weighted by molar-refractivity contribution is 0.284. The maximum absolute atomic E-state index is 8.73. The van der Waals surface area contributed by atoms with Crippen molar-refractivity contribution in [2.75, 3.05) is 26.6 Å². The largest absolute Gasteiger partial charge is 0.497 e. The standard InChI is InChI=1S/C15H20N2O4S/c1-19-12-8-11(9-13(10-12)20-2)14-16-17-15(21-14)22-7-5-3-4-6-18/h8-10,18H,3-7H2,1-2H3. The lowest BCUT2D eigenvalue weighted by atomic mass is 10.2. The fourth-order valence-corrected chi connectivity index (χ4v) is 2.63. The van der Waals surface area contributed by atoms with Crippen LogP contribution in [0.3, 0.4) is 0 Å². The Morgan fingerprint density at radius 3 is 2.41 bits per heavy atom. The topological polar surface area (TPSA) is 77.6 Å². The summed E-state index contributed by atoms with van der Waals surface area (Å²) < 4.78 is 16.1. The van der Waals surface area contributed by atoms with Gasteiger partial charge in [-0.3, -0.25) is 0 Å². The van der Waals surface area contributed by atoms with Crippen LogP contribution >= 0.6 is 11.8 Å². The van der Waals surface area contributed by atoms with Gasteiger partial charge in [0, 0.05) is 24.0 Å². The van der Waals surface area contributed by atoms with Crippen molar-refractivity contribution in [1.29, 1.82) is 0 Å². The van der Waals surface area contributed by atoms with Crippen LogP contribution in [0.25, 0.3) is 11.5 Å². The predicted octanol–water partition coefficient (Wildman–Crippen LogP) is 3.01. The Kier molecular flexibility index (Phi) is 6.54. The zero-order valence-electron chi connectivity index (χ0n) is 12.7. The highest BCUT2D eigenvalue weighted by Gasteiger charge is 2.11. The summed E-state index contributed by atoms with van der Waals surface area (Å²) in [5, 5.41) is 17.4. The summed E-state index contributed by atoms with van der Waals surface area (Å²) in [6.07, 6.45) is 2.84. The first kappa shape index (κ1) is 16.6. The number of aliphatic hydroxyl groups excluding tert-OH is 1. The molecule has 6 nitrogen and oxygen atoms in total. The zero-order chi connectivity index (χ0) is 15.8. The second-order valence-electron chi connectivity index (χ2n) is 4.61. The Morgan fingerprint density at radius 1 is 1.05 bits per heavy atom. The number of hydrogen-bond donors (Lipinski definition) is 1. The van der Waals surface area contributed by atoms with E-state index >= 15 is 0 Å². The predicted molar refractivity (Wildman–Crippen MR) is 84.5 cm³/mol. The van der Waals surface area contributed by atoms with Gasteiger partial charge in [-0.2, -0.15) is 0 Å². The lowest BCUT2D eigenvalue weighted by Gasteiger charge is -2.05. The summed E-state index contributed by atoms with van der Waals surface area (Å²) in [4.78, 5) is 0. The van der Waals surface area contributed by atoms with Gasteiger partial charge < -0.3 is 19.0 Å². The first-order chi connectivity index (χ1) is 10.8. The number of ether oxygens (including phenoxy) is 2. The first-order valence-electron chi connectivity index (χ1n) is 7.07. The highest BCUT2D eigenvalue weighted by atomic mass is 32.2. The Labute approximate surface area is 133 Å². The molecule has 22 heavy (non-hydrogen) atoms. The van der Waals surface area contributed by atoms with Crippen LogP contribution in [-0.2, 0) is 0 Å². The quantitative estimate of drug-likeness (QED) is 0.561. The smallest absolute Gasteiger partial charge is 0.276 e. The molecule has 1 aromatic heterocycles. The highest BCUT2D eigenvalue weighted by Crippen LogP contribution is 2.30. The molecule has 0 fully saturated rings. The molecular weight excluding hydrogens is 304 g/mol. The van der Waals surface area contributed by atoms with Crippen LogP contribution < -0.4 is 9.47 Å². The summed E-state index contributed by atoms with van der Waals surface area (Å²) in [5.74, 6) is 2.68. The Morgan fingerprint density at radius 2 is 1.77 bits per heavy atom. The molecule has 0 aliphatic carbocycles. The van der Waals surface area contributed by atoms with Gasteiger partial charge in [-0.05, 0) is 25.0 Å². The van der Waals surface area contributed by atoms with Crippen LogP contribution in [0, 0.1) is 0 Å². The van der Waals surface area contributed by atoms with Crippen molar-refractivity contribution in [2.24, 2.45) is 0 Å². The van der Waals surface area contributed by atoms with E-state index in [1.165, 1.54) is 11.8 Å². The third-order valence-corrected chi connectivity index (χ3v) is 3.94. The minimum absolute atomic E-state index is 0.243. The monoisotopic (exact) mass is 324 g/mol. The minimum atomic E-state index is 0.243. The van der Waals surface area contributed by atoms with E-state index in [2.05, 4.69) is 10.2 Å². The number of nitrogens with zero attached hydrogens (tertiary/aromatic N) is 2. The molecule has 0 atom stereocenters. The Hall–Kier alpha value is -1.73. The maximum atomic E-state index is 8.73. The van der Waals surface area contributed by atoms with Gasteiger partial charge in [-0.25, -0.2) is 0 Å². The van der Waals surface area contributed by atoms with E-state index in [0.29, 0.717) is 22.6 Å². The number of hydrogen-bond acceptors (Lipinski definition) is 7. The van der Waals surface area contributed by atoms with Gasteiger partial charge in [0.1, 0.15) is 11.5 Å². The number of aliphatic hydroxyl groups is 1. The maximum Gasteiger partial charge on any atom is 0.276 e. The van der Waals surface area contributed by atoms with Gasteiger partial charge in [-0.15, -0.1) is 10.2 Å². The van der Waals surface area contributed by atoms with Crippen LogP contribution in [0.1, 0.15) is 19.3 Å². The van der Waals surface area contributed by atoms with Gasteiger partial charge in [0.2, 0.25) is 5.89 Å². The molecule has 0 saturated carbocycles. The van der Waals surface area contributed by atoms with E-state index in [1.807, 2.05) is 12.1 Å². The highest BCUT2D eigenvalue weighted by molar-refractivity contribution is 7.99. The van der Waals surface area contributed by atoms with E-state index < -0.39 is 0 Å². The second-order valence-corrected chi connectivity index (χ2v) is 5.65. The van der Waals surface area contributed by atoms with Gasteiger partial charge in [0.05, 0.1) is 14.2 Å². The molecule has 2 aromatic rings.